The van der Waals surface area contributed by atoms with Gasteiger partial charge in [-0.1, -0.05) is 13.8 Å². The molecule has 2 heterocycles. The van der Waals surface area contributed by atoms with Crippen LogP contribution in [0.4, 0.5) is 0 Å². The van der Waals surface area contributed by atoms with E-state index in [1.807, 2.05) is 6.07 Å². The van der Waals surface area contributed by atoms with E-state index in [0.29, 0.717) is 18.6 Å². The van der Waals surface area contributed by atoms with Crippen molar-refractivity contribution in [2.24, 2.45) is 22.7 Å². The predicted molar refractivity (Wildman–Crippen MR) is 83.4 cm³/mol. The molecule has 0 amide bonds. The van der Waals surface area contributed by atoms with E-state index in [-0.39, 0.29) is 34.7 Å². The minimum atomic E-state index is -0.248. The van der Waals surface area contributed by atoms with E-state index in [1.54, 1.807) is 12.5 Å². The molecule has 1 aromatic rings. The topological polar surface area (TPSA) is 56.5 Å². The lowest BCUT2D eigenvalue weighted by Crippen LogP contribution is -2.56. The first-order chi connectivity index (χ1) is 10.9. The molecule has 0 unspecified atom stereocenters. The van der Waals surface area contributed by atoms with Crippen LogP contribution in [0.5, 0.6) is 0 Å². The Morgan fingerprint density at radius 3 is 2.78 bits per heavy atom. The van der Waals surface area contributed by atoms with Crippen molar-refractivity contribution in [3.8, 4) is 0 Å². The van der Waals surface area contributed by atoms with Crippen molar-refractivity contribution >= 4 is 11.8 Å². The minimum Gasteiger partial charge on any atom is -0.472 e. The molecule has 3 fully saturated rings. The van der Waals surface area contributed by atoms with Crippen LogP contribution < -0.4 is 0 Å². The van der Waals surface area contributed by atoms with Crippen LogP contribution in [0.25, 0.3) is 0 Å². The van der Waals surface area contributed by atoms with Gasteiger partial charge in [0.1, 0.15) is 11.9 Å². The van der Waals surface area contributed by atoms with E-state index >= 15 is 0 Å². The molecule has 4 nitrogen and oxygen atoms in total. The van der Waals surface area contributed by atoms with Crippen LogP contribution >= 0.6 is 0 Å². The summed E-state index contributed by atoms with van der Waals surface area (Å²) in [5, 5.41) is 0. The molecule has 1 aromatic heterocycles. The Bertz CT molecular complexity index is 634. The zero-order valence-corrected chi connectivity index (χ0v) is 13.8. The number of esters is 1. The molecule has 2 saturated carbocycles. The quantitative estimate of drug-likeness (QED) is 0.733. The molecule has 0 spiro atoms. The van der Waals surface area contributed by atoms with E-state index in [0.717, 1.165) is 31.2 Å². The second-order valence-corrected chi connectivity index (χ2v) is 8.23. The number of furan rings is 1. The zero-order chi connectivity index (χ0) is 16.2. The monoisotopic (exact) mass is 316 g/mol. The smallest absolute Gasteiger partial charge is 0.310 e. The Labute approximate surface area is 136 Å². The second kappa shape index (κ2) is 4.96. The van der Waals surface area contributed by atoms with E-state index in [1.165, 1.54) is 0 Å². The molecule has 1 saturated heterocycles. The fraction of sp³-hybridized carbons (Fsp3) is 0.684. The number of ketones is 1. The van der Waals surface area contributed by atoms with Crippen molar-refractivity contribution in [2.75, 3.05) is 0 Å². The summed E-state index contributed by atoms with van der Waals surface area (Å²) in [6.45, 7) is 4.53. The number of fused-ring (bicyclic) bond motifs is 3. The van der Waals surface area contributed by atoms with Gasteiger partial charge in [0.25, 0.3) is 0 Å². The zero-order valence-electron chi connectivity index (χ0n) is 13.8. The van der Waals surface area contributed by atoms with Crippen LogP contribution in [-0.2, 0) is 14.3 Å². The predicted octanol–water partition coefficient (Wildman–Crippen LogP) is 4.06. The van der Waals surface area contributed by atoms with Gasteiger partial charge in [-0.05, 0) is 48.5 Å². The number of carbonyl (C=O) groups excluding carboxylic acids is 2. The van der Waals surface area contributed by atoms with Gasteiger partial charge in [0.2, 0.25) is 0 Å². The maximum Gasteiger partial charge on any atom is 0.310 e. The van der Waals surface area contributed by atoms with Crippen molar-refractivity contribution < 1.29 is 18.7 Å². The van der Waals surface area contributed by atoms with Gasteiger partial charge in [0.15, 0.2) is 0 Å². The summed E-state index contributed by atoms with van der Waals surface area (Å²) in [7, 11) is 0. The number of rotatable bonds is 1. The average Bonchev–Trinajstić information content (AvgIpc) is 3.02. The number of Topliss-reactive ketones (excluding diaryl/α,β-unsaturated/α-hetero) is 1. The molecule has 0 N–H and O–H groups in total. The minimum absolute atomic E-state index is 0.0744. The highest BCUT2D eigenvalue weighted by Crippen LogP contribution is 2.63. The summed E-state index contributed by atoms with van der Waals surface area (Å²) >= 11 is 0. The van der Waals surface area contributed by atoms with Gasteiger partial charge in [0, 0.05) is 18.4 Å². The maximum absolute atomic E-state index is 12.7. The summed E-state index contributed by atoms with van der Waals surface area (Å²) in [5.74, 6) is 0.463. The third kappa shape index (κ3) is 2.18. The highest BCUT2D eigenvalue weighted by molar-refractivity contribution is 5.81. The highest BCUT2D eigenvalue weighted by atomic mass is 16.5. The molecule has 124 valence electrons. The number of hydrogen-bond donors (Lipinski definition) is 0. The number of carbonyl (C=O) groups is 2. The molecule has 4 heteroatoms. The molecule has 3 aliphatic rings. The molecule has 0 bridgehead atoms. The third-order valence-corrected chi connectivity index (χ3v) is 6.93. The Kier molecular flexibility index (Phi) is 3.23. The van der Waals surface area contributed by atoms with E-state index in [9.17, 15) is 9.59 Å². The van der Waals surface area contributed by atoms with Crippen molar-refractivity contribution in [1.29, 1.82) is 0 Å². The number of cyclic esters (lactones) is 1. The fourth-order valence-corrected chi connectivity index (χ4v) is 5.53. The van der Waals surface area contributed by atoms with Crippen molar-refractivity contribution in [3.05, 3.63) is 24.2 Å². The Balaban J connectivity index is 1.71. The molecule has 0 radical (unpaired) electrons. The standard InChI is InChI=1S/C19H24O4/c1-18-6-3-13(20)9-16(18)19(2)10-15(12-5-8-22-11-12)23-17(21)14(19)4-7-18/h5,8,11,14-16H,3-4,6-7,9-10H2,1-2H3/t14-,15-,16-,18+,19-/m0/s1. The first-order valence-electron chi connectivity index (χ1n) is 8.67. The summed E-state index contributed by atoms with van der Waals surface area (Å²) in [4.78, 5) is 24.8. The van der Waals surface area contributed by atoms with Gasteiger partial charge in [-0.15, -0.1) is 0 Å². The van der Waals surface area contributed by atoms with Crippen LogP contribution in [0.2, 0.25) is 0 Å². The molecule has 4 rings (SSSR count). The lowest BCUT2D eigenvalue weighted by atomic mass is 9.46. The first-order valence-corrected chi connectivity index (χ1v) is 8.67. The van der Waals surface area contributed by atoms with Crippen molar-refractivity contribution in [3.63, 3.8) is 0 Å². The van der Waals surface area contributed by atoms with Gasteiger partial charge in [-0.3, -0.25) is 9.59 Å². The van der Waals surface area contributed by atoms with Crippen LogP contribution in [0.1, 0.15) is 64.0 Å². The lowest BCUT2D eigenvalue weighted by molar-refractivity contribution is -0.195. The Morgan fingerprint density at radius 1 is 1.22 bits per heavy atom. The van der Waals surface area contributed by atoms with Crippen LogP contribution in [0, 0.1) is 22.7 Å². The largest absolute Gasteiger partial charge is 0.472 e. The molecule has 0 aromatic carbocycles. The van der Waals surface area contributed by atoms with Gasteiger partial charge in [0.05, 0.1) is 18.4 Å². The van der Waals surface area contributed by atoms with Gasteiger partial charge >= 0.3 is 5.97 Å². The van der Waals surface area contributed by atoms with Crippen LogP contribution in [-0.4, -0.2) is 11.8 Å². The molecule has 2 aliphatic carbocycles. The SMILES string of the molecule is C[C@]12CCC(=O)C[C@@H]1[C@@]1(C)C[C@@H](c3ccoc3)OC(=O)[C@@H]1CC2. The maximum atomic E-state index is 12.7. The molecular weight excluding hydrogens is 292 g/mol. The summed E-state index contributed by atoms with van der Waals surface area (Å²) in [6, 6.07) is 1.87. The van der Waals surface area contributed by atoms with E-state index in [2.05, 4.69) is 13.8 Å². The number of ether oxygens (including phenoxy) is 1. The molecular formula is C19H24O4. The lowest BCUT2D eigenvalue weighted by Gasteiger charge is -2.59. The molecule has 1 aliphatic heterocycles. The Hall–Kier alpha value is -1.58. The van der Waals surface area contributed by atoms with Crippen molar-refractivity contribution in [1.82, 2.24) is 0 Å². The number of hydrogen-bond acceptors (Lipinski definition) is 4. The Morgan fingerprint density at radius 2 is 2.04 bits per heavy atom. The summed E-state index contributed by atoms with van der Waals surface area (Å²) < 4.78 is 10.9. The fourth-order valence-electron chi connectivity index (χ4n) is 5.53. The summed E-state index contributed by atoms with van der Waals surface area (Å²) in [5.41, 5.74) is 0.936. The van der Waals surface area contributed by atoms with Crippen LogP contribution in [0.15, 0.2) is 23.0 Å². The van der Waals surface area contributed by atoms with Gasteiger partial charge in [-0.25, -0.2) is 0 Å². The summed E-state index contributed by atoms with van der Waals surface area (Å²) in [6.07, 6.45) is 8.01. The van der Waals surface area contributed by atoms with Crippen LogP contribution in [0.3, 0.4) is 0 Å². The normalized spacial score (nSPS) is 43.5. The second-order valence-electron chi connectivity index (χ2n) is 8.23. The first kappa shape index (κ1) is 15.0. The van der Waals surface area contributed by atoms with Crippen molar-refractivity contribution in [2.45, 2.75) is 58.5 Å². The molecule has 23 heavy (non-hydrogen) atoms. The average molecular weight is 316 g/mol. The molecule has 5 atom stereocenters. The van der Waals surface area contributed by atoms with Gasteiger partial charge in [-0.2, -0.15) is 0 Å². The van der Waals surface area contributed by atoms with E-state index in [4.69, 9.17) is 9.15 Å². The van der Waals surface area contributed by atoms with E-state index < -0.39 is 0 Å². The third-order valence-electron chi connectivity index (χ3n) is 6.93. The highest BCUT2D eigenvalue weighted by Gasteiger charge is 2.60. The van der Waals surface area contributed by atoms with Gasteiger partial charge < -0.3 is 9.15 Å².